The predicted octanol–water partition coefficient (Wildman–Crippen LogP) is 9.46. The molecule has 2 N–H and O–H groups in total. The van der Waals surface area contributed by atoms with Crippen LogP contribution in [0.15, 0.2) is 30.3 Å². The minimum atomic E-state index is 0.451. The summed E-state index contributed by atoms with van der Waals surface area (Å²) in [5, 5.41) is 2.69. The van der Waals surface area contributed by atoms with Crippen molar-refractivity contribution in [3.63, 3.8) is 0 Å². The highest BCUT2D eigenvalue weighted by Gasteiger charge is 2.60. The molecule has 2 aromatic carbocycles. The maximum Gasteiger partial charge on any atom is 0.0396 e. The van der Waals surface area contributed by atoms with E-state index in [4.69, 9.17) is 5.73 Å². The molecule has 1 nitrogen and oxygen atoms in total. The topological polar surface area (TPSA) is 26.0 Å². The molecule has 2 aromatic rings. The number of benzene rings is 2. The maximum absolute atomic E-state index is 6.61. The first-order valence-electron chi connectivity index (χ1n) is 15.5. The van der Waals surface area contributed by atoms with Crippen LogP contribution in [0.2, 0.25) is 0 Å². The Hall–Kier alpha value is -1.50. The average Bonchev–Trinajstić information content (AvgIpc) is 3.20. The van der Waals surface area contributed by atoms with Crippen molar-refractivity contribution in [3.05, 3.63) is 41.5 Å². The van der Waals surface area contributed by atoms with E-state index in [2.05, 4.69) is 65.0 Å². The number of hydrogen-bond acceptors (Lipinski definition) is 1. The largest absolute Gasteiger partial charge is 0.398 e. The molecule has 0 amide bonds. The summed E-state index contributed by atoms with van der Waals surface area (Å²) in [7, 11) is 0. The number of nitrogen functional groups attached to an aromatic ring is 1. The van der Waals surface area contributed by atoms with Crippen molar-refractivity contribution in [1.82, 2.24) is 0 Å². The molecule has 1 heteroatoms. The Morgan fingerprint density at radius 2 is 1.64 bits per heavy atom. The number of fused-ring (bicyclic) bond motifs is 8. The van der Waals surface area contributed by atoms with E-state index in [1.165, 1.54) is 81.4 Å². The molecule has 0 aliphatic heterocycles. The summed E-state index contributed by atoms with van der Waals surface area (Å²) < 4.78 is 0. The van der Waals surface area contributed by atoms with E-state index < -0.39 is 0 Å². The van der Waals surface area contributed by atoms with Crippen molar-refractivity contribution in [3.8, 4) is 0 Å². The van der Waals surface area contributed by atoms with Crippen molar-refractivity contribution >= 4 is 16.5 Å². The predicted molar refractivity (Wildman–Crippen MR) is 155 cm³/mol. The molecule has 0 bridgehead atoms. The van der Waals surface area contributed by atoms with Crippen LogP contribution in [0.25, 0.3) is 10.8 Å². The fourth-order valence-corrected chi connectivity index (χ4v) is 10.7. The summed E-state index contributed by atoms with van der Waals surface area (Å²) in [6.45, 7) is 12.8. The molecular weight excluding hydrogens is 434 g/mol. The Kier molecular flexibility index (Phi) is 6.24. The maximum atomic E-state index is 6.61. The molecule has 0 saturated heterocycles. The second-order valence-electron chi connectivity index (χ2n) is 14.7. The van der Waals surface area contributed by atoms with Gasteiger partial charge >= 0.3 is 0 Å². The van der Waals surface area contributed by atoms with E-state index in [0.717, 1.165) is 47.1 Å². The van der Waals surface area contributed by atoms with E-state index in [-0.39, 0.29) is 0 Å². The molecule has 0 heterocycles. The van der Waals surface area contributed by atoms with Crippen molar-refractivity contribution in [2.45, 2.75) is 105 Å². The van der Waals surface area contributed by atoms with Gasteiger partial charge in [0, 0.05) is 11.1 Å². The molecule has 8 unspecified atom stereocenters. The normalized spacial score (nSPS) is 38.3. The summed E-state index contributed by atoms with van der Waals surface area (Å²) in [5.41, 5.74) is 11.8. The Bertz CT molecular complexity index is 1120. The lowest BCUT2D eigenvalue weighted by Gasteiger charge is -2.61. The van der Waals surface area contributed by atoms with Gasteiger partial charge in [0.15, 0.2) is 0 Å². The molecule has 3 saturated carbocycles. The van der Waals surface area contributed by atoms with E-state index >= 15 is 0 Å². The van der Waals surface area contributed by atoms with Gasteiger partial charge in [0.1, 0.15) is 0 Å². The number of hydrogen-bond donors (Lipinski definition) is 1. The van der Waals surface area contributed by atoms with Gasteiger partial charge in [-0.2, -0.15) is 0 Å². The van der Waals surface area contributed by atoms with E-state index in [0.29, 0.717) is 10.8 Å². The summed E-state index contributed by atoms with van der Waals surface area (Å²) in [4.78, 5) is 0. The SMILES string of the molecule is CC(C)CCCC(C)C1CCC2C3CCC4Cc5c(cc(N)c6ccccc56)CC4(C)C3CCC12C. The molecule has 8 atom stereocenters. The summed E-state index contributed by atoms with van der Waals surface area (Å²) >= 11 is 0. The lowest BCUT2D eigenvalue weighted by atomic mass is 9.44. The standard InChI is InChI=1S/C35H51N/c1-22(2)9-8-10-23(3)30-15-16-31-28-14-13-25-20-29-24(19-33(36)27-12-7-6-11-26(27)29)21-35(25,5)32(28)17-18-34(30,31)4/h6-7,11-12,19,22-23,25,28,30-32H,8-10,13-18,20-21,36H2,1-5H3. The highest BCUT2D eigenvalue weighted by atomic mass is 14.7. The van der Waals surface area contributed by atoms with Gasteiger partial charge in [-0.15, -0.1) is 0 Å². The van der Waals surface area contributed by atoms with Crippen molar-refractivity contribution < 1.29 is 0 Å². The third-order valence-electron chi connectivity index (χ3n) is 12.6. The summed E-state index contributed by atoms with van der Waals surface area (Å²) in [5.74, 6) is 6.38. The van der Waals surface area contributed by atoms with E-state index in [1.54, 1.807) is 11.1 Å². The van der Waals surface area contributed by atoms with Crippen LogP contribution < -0.4 is 5.73 Å². The first-order valence-corrected chi connectivity index (χ1v) is 15.5. The summed E-state index contributed by atoms with van der Waals surface area (Å²) in [6, 6.07) is 11.3. The zero-order valence-corrected chi connectivity index (χ0v) is 23.8. The van der Waals surface area contributed by atoms with E-state index in [1.807, 2.05) is 0 Å². The lowest BCUT2D eigenvalue weighted by Crippen LogP contribution is -2.54. The van der Waals surface area contributed by atoms with E-state index in [9.17, 15) is 0 Å². The first kappa shape index (κ1) is 24.8. The van der Waals surface area contributed by atoms with Gasteiger partial charge in [-0.1, -0.05) is 78.1 Å². The second kappa shape index (κ2) is 9.06. The quantitative estimate of drug-likeness (QED) is 0.419. The Morgan fingerprint density at radius 1 is 0.889 bits per heavy atom. The van der Waals surface area contributed by atoms with Gasteiger partial charge in [0.25, 0.3) is 0 Å². The van der Waals surface area contributed by atoms with Gasteiger partial charge in [-0.25, -0.2) is 0 Å². The van der Waals surface area contributed by atoms with Crippen LogP contribution in [-0.2, 0) is 12.8 Å². The highest BCUT2D eigenvalue weighted by molar-refractivity contribution is 5.96. The molecule has 0 radical (unpaired) electrons. The monoisotopic (exact) mass is 485 g/mol. The Labute approximate surface area is 221 Å². The number of rotatable bonds is 5. The molecule has 3 fully saturated rings. The third kappa shape index (κ3) is 3.77. The minimum absolute atomic E-state index is 0.451. The van der Waals surface area contributed by atoms with Gasteiger partial charge in [0.05, 0.1) is 0 Å². The van der Waals surface area contributed by atoms with Crippen LogP contribution in [0.4, 0.5) is 5.69 Å². The fourth-order valence-electron chi connectivity index (χ4n) is 10.7. The second-order valence-corrected chi connectivity index (χ2v) is 14.7. The molecular formula is C35H51N. The highest BCUT2D eigenvalue weighted by Crippen LogP contribution is 2.68. The zero-order chi connectivity index (χ0) is 25.2. The van der Waals surface area contributed by atoms with Gasteiger partial charge in [-0.3, -0.25) is 0 Å². The minimum Gasteiger partial charge on any atom is -0.398 e. The smallest absolute Gasteiger partial charge is 0.0396 e. The molecule has 4 aliphatic carbocycles. The molecule has 0 spiro atoms. The summed E-state index contributed by atoms with van der Waals surface area (Å²) in [6.07, 6.45) is 15.7. The van der Waals surface area contributed by atoms with Crippen LogP contribution in [0.3, 0.4) is 0 Å². The molecule has 6 rings (SSSR count). The molecule has 0 aromatic heterocycles. The Morgan fingerprint density at radius 3 is 2.42 bits per heavy atom. The van der Waals surface area contributed by atoms with Crippen molar-refractivity contribution in [2.75, 3.05) is 5.73 Å². The molecule has 4 aliphatic rings. The average molecular weight is 486 g/mol. The number of anilines is 1. The van der Waals surface area contributed by atoms with Crippen molar-refractivity contribution in [1.29, 1.82) is 0 Å². The molecule has 196 valence electrons. The van der Waals surface area contributed by atoms with Gasteiger partial charge in [0.2, 0.25) is 0 Å². The van der Waals surface area contributed by atoms with Crippen LogP contribution in [0, 0.1) is 52.3 Å². The van der Waals surface area contributed by atoms with Crippen LogP contribution in [-0.4, -0.2) is 0 Å². The lowest BCUT2D eigenvalue weighted by molar-refractivity contribution is -0.103. The fraction of sp³-hybridized carbons (Fsp3) is 0.714. The number of nitrogens with two attached hydrogens (primary N) is 1. The van der Waals surface area contributed by atoms with Crippen LogP contribution in [0.1, 0.15) is 104 Å². The van der Waals surface area contributed by atoms with Crippen LogP contribution >= 0.6 is 0 Å². The Balaban J connectivity index is 1.25. The van der Waals surface area contributed by atoms with Crippen molar-refractivity contribution in [2.24, 2.45) is 52.3 Å². The third-order valence-corrected chi connectivity index (χ3v) is 12.6. The first-order chi connectivity index (χ1) is 17.2. The molecule has 36 heavy (non-hydrogen) atoms. The van der Waals surface area contributed by atoms with Gasteiger partial charge < -0.3 is 5.73 Å². The van der Waals surface area contributed by atoms with Crippen LogP contribution in [0.5, 0.6) is 0 Å². The zero-order valence-electron chi connectivity index (χ0n) is 23.8. The van der Waals surface area contributed by atoms with Gasteiger partial charge in [-0.05, 0) is 126 Å².